The van der Waals surface area contributed by atoms with Crippen LogP contribution in [0.3, 0.4) is 0 Å². The molecule has 1 aromatic heterocycles. The van der Waals surface area contributed by atoms with Gasteiger partial charge in [0, 0.05) is 5.39 Å². The molecule has 4 heteroatoms. The highest BCUT2D eigenvalue weighted by molar-refractivity contribution is 9.10. The first-order valence-corrected chi connectivity index (χ1v) is 7.10. The summed E-state index contributed by atoms with van der Waals surface area (Å²) in [6, 6.07) is 8.16. The first-order chi connectivity index (χ1) is 8.67. The molecule has 2 rings (SSSR count). The second-order valence-electron chi connectivity index (χ2n) is 4.72. The smallest absolute Gasteiger partial charge is 0.148 e. The van der Waals surface area contributed by atoms with Gasteiger partial charge in [-0.1, -0.05) is 32.4 Å². The molecule has 98 valence electrons. The predicted octanol–water partition coefficient (Wildman–Crippen LogP) is 4.14. The maximum Gasteiger partial charge on any atom is 0.148 e. The third-order valence-electron chi connectivity index (χ3n) is 3.31. The minimum absolute atomic E-state index is 0.0595. The molecule has 2 atom stereocenters. The molecular weight excluding hydrogens is 292 g/mol. The van der Waals surface area contributed by atoms with E-state index in [-0.39, 0.29) is 6.04 Å². The van der Waals surface area contributed by atoms with Gasteiger partial charge in [-0.25, -0.2) is 5.43 Å². The van der Waals surface area contributed by atoms with Gasteiger partial charge in [-0.15, -0.1) is 0 Å². The van der Waals surface area contributed by atoms with Gasteiger partial charge in [0.05, 0.1) is 10.5 Å². The lowest BCUT2D eigenvalue weighted by atomic mass is 9.95. The zero-order valence-corrected chi connectivity index (χ0v) is 12.3. The number of furan rings is 1. The van der Waals surface area contributed by atoms with Gasteiger partial charge in [0.2, 0.25) is 0 Å². The molecule has 0 aliphatic heterocycles. The topological polar surface area (TPSA) is 51.2 Å². The number of hydrogen-bond donors (Lipinski definition) is 2. The number of para-hydroxylation sites is 1. The van der Waals surface area contributed by atoms with Crippen molar-refractivity contribution >= 4 is 26.9 Å². The number of nitrogens with two attached hydrogens (primary N) is 1. The lowest BCUT2D eigenvalue weighted by Crippen LogP contribution is -2.32. The quantitative estimate of drug-likeness (QED) is 0.644. The Kier molecular flexibility index (Phi) is 4.43. The molecule has 0 aliphatic carbocycles. The molecule has 2 unspecified atom stereocenters. The monoisotopic (exact) mass is 310 g/mol. The number of hydrogen-bond acceptors (Lipinski definition) is 3. The van der Waals surface area contributed by atoms with Crippen LogP contribution in [0.25, 0.3) is 11.0 Å². The fourth-order valence-electron chi connectivity index (χ4n) is 2.35. The number of halogens is 1. The Morgan fingerprint density at radius 1 is 1.44 bits per heavy atom. The zero-order valence-electron chi connectivity index (χ0n) is 10.7. The van der Waals surface area contributed by atoms with Gasteiger partial charge in [0.15, 0.2) is 0 Å². The summed E-state index contributed by atoms with van der Waals surface area (Å²) < 4.78 is 6.91. The number of rotatable bonds is 5. The van der Waals surface area contributed by atoms with Crippen LogP contribution < -0.4 is 11.3 Å². The van der Waals surface area contributed by atoms with E-state index in [1.165, 1.54) is 0 Å². The van der Waals surface area contributed by atoms with Gasteiger partial charge >= 0.3 is 0 Å². The number of hydrazine groups is 1. The molecule has 0 saturated heterocycles. The van der Waals surface area contributed by atoms with Crippen molar-refractivity contribution in [3.05, 3.63) is 34.5 Å². The molecule has 0 fully saturated rings. The van der Waals surface area contributed by atoms with Crippen LogP contribution in [0.15, 0.2) is 33.2 Å². The number of benzene rings is 1. The Labute approximate surface area is 116 Å². The lowest BCUT2D eigenvalue weighted by Gasteiger charge is -2.20. The molecule has 0 radical (unpaired) electrons. The predicted molar refractivity (Wildman–Crippen MR) is 78.1 cm³/mol. The van der Waals surface area contributed by atoms with Gasteiger partial charge in [-0.3, -0.25) is 5.84 Å². The molecule has 0 bridgehead atoms. The van der Waals surface area contributed by atoms with Gasteiger partial charge < -0.3 is 4.42 Å². The molecule has 0 saturated carbocycles. The molecule has 0 spiro atoms. The third kappa shape index (κ3) is 2.60. The summed E-state index contributed by atoms with van der Waals surface area (Å²) in [5, 5.41) is 1.10. The second-order valence-corrected chi connectivity index (χ2v) is 5.57. The molecular formula is C14H19BrN2O. The van der Waals surface area contributed by atoms with E-state index in [1.807, 2.05) is 18.2 Å². The van der Waals surface area contributed by atoms with Crippen molar-refractivity contribution in [2.24, 2.45) is 11.8 Å². The van der Waals surface area contributed by atoms with Crippen LogP contribution in [0.4, 0.5) is 0 Å². The molecule has 0 amide bonds. The summed E-state index contributed by atoms with van der Waals surface area (Å²) in [5.41, 5.74) is 3.76. The molecule has 3 nitrogen and oxygen atoms in total. The minimum Gasteiger partial charge on any atom is -0.458 e. The van der Waals surface area contributed by atoms with E-state index in [2.05, 4.69) is 41.3 Å². The molecule has 2 aromatic rings. The van der Waals surface area contributed by atoms with Crippen LogP contribution in [-0.2, 0) is 0 Å². The Morgan fingerprint density at radius 2 is 2.22 bits per heavy atom. The Bertz CT molecular complexity index is 523. The normalized spacial score (nSPS) is 14.9. The summed E-state index contributed by atoms with van der Waals surface area (Å²) in [7, 11) is 0. The summed E-state index contributed by atoms with van der Waals surface area (Å²) in [4.78, 5) is 0. The van der Waals surface area contributed by atoms with E-state index >= 15 is 0 Å². The van der Waals surface area contributed by atoms with Gasteiger partial charge in [0.1, 0.15) is 11.3 Å². The van der Waals surface area contributed by atoms with E-state index in [4.69, 9.17) is 10.3 Å². The third-order valence-corrected chi connectivity index (χ3v) is 3.94. The molecule has 18 heavy (non-hydrogen) atoms. The SMILES string of the molecule is CCCC(C)C(NN)c1cc2cccc(Br)c2o1. The Balaban J connectivity index is 2.37. The van der Waals surface area contributed by atoms with Gasteiger partial charge in [-0.2, -0.15) is 0 Å². The van der Waals surface area contributed by atoms with E-state index in [1.54, 1.807) is 0 Å². The van der Waals surface area contributed by atoms with Crippen molar-refractivity contribution in [2.45, 2.75) is 32.7 Å². The maximum absolute atomic E-state index is 5.93. The average molecular weight is 311 g/mol. The summed E-state index contributed by atoms with van der Waals surface area (Å²) in [6.45, 7) is 4.37. The van der Waals surface area contributed by atoms with Crippen molar-refractivity contribution in [3.8, 4) is 0 Å². The van der Waals surface area contributed by atoms with Crippen LogP contribution in [0, 0.1) is 5.92 Å². The molecule has 3 N–H and O–H groups in total. The summed E-state index contributed by atoms with van der Waals surface area (Å²) in [5.74, 6) is 7.02. The average Bonchev–Trinajstić information content (AvgIpc) is 2.75. The van der Waals surface area contributed by atoms with Crippen LogP contribution in [0.2, 0.25) is 0 Å². The first kappa shape index (κ1) is 13.6. The van der Waals surface area contributed by atoms with Crippen LogP contribution in [0.1, 0.15) is 38.5 Å². The number of fused-ring (bicyclic) bond motifs is 1. The highest BCUT2D eigenvalue weighted by atomic mass is 79.9. The zero-order chi connectivity index (χ0) is 13.1. The highest BCUT2D eigenvalue weighted by Gasteiger charge is 2.21. The molecule has 0 aliphatic rings. The minimum atomic E-state index is 0.0595. The Morgan fingerprint density at radius 3 is 2.83 bits per heavy atom. The van der Waals surface area contributed by atoms with E-state index in [9.17, 15) is 0 Å². The standard InChI is InChI=1S/C14H19BrN2O/c1-3-5-9(2)13(17-16)12-8-10-6-4-7-11(15)14(10)18-12/h4,6-9,13,17H,3,5,16H2,1-2H3. The number of nitrogens with one attached hydrogen (secondary N) is 1. The van der Waals surface area contributed by atoms with Crippen LogP contribution in [0.5, 0.6) is 0 Å². The van der Waals surface area contributed by atoms with Gasteiger partial charge in [-0.05, 0) is 40.4 Å². The van der Waals surface area contributed by atoms with Crippen molar-refractivity contribution < 1.29 is 4.42 Å². The van der Waals surface area contributed by atoms with Crippen molar-refractivity contribution in [1.29, 1.82) is 0 Å². The maximum atomic E-state index is 5.93. The van der Waals surface area contributed by atoms with E-state index < -0.39 is 0 Å². The Hall–Kier alpha value is -0.840. The summed E-state index contributed by atoms with van der Waals surface area (Å²) >= 11 is 3.50. The van der Waals surface area contributed by atoms with Gasteiger partial charge in [0.25, 0.3) is 0 Å². The van der Waals surface area contributed by atoms with Crippen LogP contribution in [-0.4, -0.2) is 0 Å². The van der Waals surface area contributed by atoms with E-state index in [0.717, 1.165) is 34.0 Å². The van der Waals surface area contributed by atoms with Crippen molar-refractivity contribution in [1.82, 2.24) is 5.43 Å². The highest BCUT2D eigenvalue weighted by Crippen LogP contribution is 2.32. The first-order valence-electron chi connectivity index (χ1n) is 6.31. The van der Waals surface area contributed by atoms with Crippen molar-refractivity contribution in [3.63, 3.8) is 0 Å². The lowest BCUT2D eigenvalue weighted by molar-refractivity contribution is 0.320. The van der Waals surface area contributed by atoms with E-state index in [0.29, 0.717) is 5.92 Å². The fourth-order valence-corrected chi connectivity index (χ4v) is 2.81. The van der Waals surface area contributed by atoms with Crippen molar-refractivity contribution in [2.75, 3.05) is 0 Å². The second kappa shape index (κ2) is 5.87. The molecule has 1 aromatic carbocycles. The van der Waals surface area contributed by atoms with Crippen LogP contribution >= 0.6 is 15.9 Å². The largest absolute Gasteiger partial charge is 0.458 e. The molecule has 1 heterocycles. The summed E-state index contributed by atoms with van der Waals surface area (Å²) in [6.07, 6.45) is 2.26. The fraction of sp³-hybridized carbons (Fsp3) is 0.429.